The monoisotopic (exact) mass is 342 g/mol. The molecule has 1 aromatic carbocycles. The van der Waals surface area contributed by atoms with Crippen molar-refractivity contribution in [2.24, 2.45) is 5.92 Å². The fourth-order valence-corrected chi connectivity index (χ4v) is 4.75. The number of amides is 1. The molecule has 0 saturated carbocycles. The highest BCUT2D eigenvalue weighted by Gasteiger charge is 2.29. The number of thiophene rings is 1. The van der Waals surface area contributed by atoms with Crippen molar-refractivity contribution in [3.8, 4) is 0 Å². The molecule has 3 aliphatic rings. The SMILES string of the molecule is O=C(/C=C1/CN2CCC1CC2)NCC(O)c1cc2ccccc2s1. The molecule has 4 nitrogen and oxygen atoms in total. The van der Waals surface area contributed by atoms with Gasteiger partial charge in [0.25, 0.3) is 0 Å². The van der Waals surface area contributed by atoms with Gasteiger partial charge in [0.2, 0.25) is 5.91 Å². The van der Waals surface area contributed by atoms with Crippen LogP contribution >= 0.6 is 11.3 Å². The lowest BCUT2D eigenvalue weighted by atomic mass is 9.83. The normalized spacial score (nSPS) is 26.0. The Labute approximate surface area is 145 Å². The largest absolute Gasteiger partial charge is 0.386 e. The van der Waals surface area contributed by atoms with E-state index in [0.717, 1.165) is 34.6 Å². The van der Waals surface area contributed by atoms with Crippen LogP contribution in [0, 0.1) is 5.92 Å². The van der Waals surface area contributed by atoms with Crippen molar-refractivity contribution < 1.29 is 9.90 Å². The van der Waals surface area contributed by atoms with Crippen LogP contribution in [0.1, 0.15) is 23.8 Å². The van der Waals surface area contributed by atoms with Gasteiger partial charge in [0, 0.05) is 28.7 Å². The first-order valence-corrected chi connectivity index (χ1v) is 9.38. The number of aliphatic hydroxyl groups excluding tert-OH is 1. The molecule has 5 rings (SSSR count). The molecule has 5 heteroatoms. The van der Waals surface area contributed by atoms with Gasteiger partial charge in [0.15, 0.2) is 0 Å². The molecule has 4 heterocycles. The van der Waals surface area contributed by atoms with E-state index in [-0.39, 0.29) is 12.5 Å². The van der Waals surface area contributed by atoms with Crippen molar-refractivity contribution in [3.05, 3.63) is 46.9 Å². The van der Waals surface area contributed by atoms with Gasteiger partial charge in [-0.15, -0.1) is 11.3 Å². The van der Waals surface area contributed by atoms with Crippen LogP contribution in [0.2, 0.25) is 0 Å². The first kappa shape index (κ1) is 15.8. The van der Waals surface area contributed by atoms with Gasteiger partial charge in [0.05, 0.1) is 0 Å². The number of nitrogens with one attached hydrogen (secondary N) is 1. The number of rotatable bonds is 4. The van der Waals surface area contributed by atoms with Gasteiger partial charge in [-0.2, -0.15) is 0 Å². The quantitative estimate of drug-likeness (QED) is 0.840. The van der Waals surface area contributed by atoms with E-state index in [0.29, 0.717) is 5.92 Å². The number of benzene rings is 1. The number of fused-ring (bicyclic) bond motifs is 4. The molecule has 0 aliphatic carbocycles. The molecular weight excluding hydrogens is 320 g/mol. The van der Waals surface area contributed by atoms with Crippen LogP contribution in [-0.4, -0.2) is 42.1 Å². The fourth-order valence-electron chi connectivity index (χ4n) is 3.70. The van der Waals surface area contributed by atoms with Crippen LogP contribution < -0.4 is 5.32 Å². The van der Waals surface area contributed by atoms with Crippen LogP contribution in [0.15, 0.2) is 42.0 Å². The van der Waals surface area contributed by atoms with Crippen molar-refractivity contribution in [1.82, 2.24) is 10.2 Å². The Bertz CT molecular complexity index is 742. The molecule has 0 spiro atoms. The summed E-state index contributed by atoms with van der Waals surface area (Å²) in [6.07, 6.45) is 3.44. The summed E-state index contributed by atoms with van der Waals surface area (Å²) >= 11 is 1.58. The number of hydrogen-bond donors (Lipinski definition) is 2. The highest BCUT2D eigenvalue weighted by atomic mass is 32.1. The number of hydrogen-bond acceptors (Lipinski definition) is 4. The molecule has 1 atom stereocenters. The van der Waals surface area contributed by atoms with Crippen molar-refractivity contribution >= 4 is 27.3 Å². The molecule has 3 saturated heterocycles. The molecule has 3 fully saturated rings. The summed E-state index contributed by atoms with van der Waals surface area (Å²) in [4.78, 5) is 15.5. The van der Waals surface area contributed by atoms with E-state index in [1.165, 1.54) is 18.4 Å². The zero-order chi connectivity index (χ0) is 16.5. The van der Waals surface area contributed by atoms with Crippen molar-refractivity contribution in [3.63, 3.8) is 0 Å². The second-order valence-electron chi connectivity index (χ2n) is 6.72. The maximum absolute atomic E-state index is 12.2. The summed E-state index contributed by atoms with van der Waals surface area (Å²) in [6, 6.07) is 10.1. The average Bonchev–Trinajstić information content (AvgIpc) is 3.05. The Hall–Kier alpha value is -1.69. The number of piperidine rings is 3. The molecule has 2 bridgehead atoms. The zero-order valence-corrected chi connectivity index (χ0v) is 14.4. The molecule has 1 unspecified atom stereocenters. The lowest BCUT2D eigenvalue weighted by molar-refractivity contribution is -0.117. The minimum Gasteiger partial charge on any atom is -0.386 e. The maximum Gasteiger partial charge on any atom is 0.244 e. The van der Waals surface area contributed by atoms with Gasteiger partial charge in [-0.1, -0.05) is 18.2 Å². The van der Waals surface area contributed by atoms with Crippen LogP contribution in [0.25, 0.3) is 10.1 Å². The lowest BCUT2D eigenvalue weighted by Gasteiger charge is -2.40. The molecule has 2 aromatic rings. The molecule has 1 aromatic heterocycles. The topological polar surface area (TPSA) is 52.6 Å². The van der Waals surface area contributed by atoms with Gasteiger partial charge < -0.3 is 10.4 Å². The Kier molecular flexibility index (Phi) is 4.39. The Morgan fingerprint density at radius 1 is 1.38 bits per heavy atom. The standard InChI is InChI=1S/C19H22N2O2S/c22-16(18-9-14-3-1-2-4-17(14)24-18)11-20-19(23)10-15-12-21-7-5-13(15)6-8-21/h1-4,9-10,13,16,22H,5-8,11-12H2,(H,20,23)/b15-10-. The average molecular weight is 342 g/mol. The summed E-state index contributed by atoms with van der Waals surface area (Å²) in [5, 5.41) is 14.3. The molecule has 126 valence electrons. The van der Waals surface area contributed by atoms with Gasteiger partial charge in [-0.3, -0.25) is 9.69 Å². The summed E-state index contributed by atoms with van der Waals surface area (Å²) in [7, 11) is 0. The van der Waals surface area contributed by atoms with Crippen LogP contribution in [0.4, 0.5) is 0 Å². The minimum absolute atomic E-state index is 0.0843. The second kappa shape index (κ2) is 6.67. The molecule has 3 aliphatic heterocycles. The Morgan fingerprint density at radius 2 is 2.17 bits per heavy atom. The Morgan fingerprint density at radius 3 is 2.88 bits per heavy atom. The van der Waals surface area contributed by atoms with Crippen LogP contribution in [0.5, 0.6) is 0 Å². The molecule has 1 amide bonds. The number of carbonyl (C=O) groups is 1. The minimum atomic E-state index is -0.656. The highest BCUT2D eigenvalue weighted by Crippen LogP contribution is 2.32. The third-order valence-corrected chi connectivity index (χ3v) is 6.29. The van der Waals surface area contributed by atoms with E-state index in [9.17, 15) is 9.90 Å². The van der Waals surface area contributed by atoms with Crippen molar-refractivity contribution in [2.75, 3.05) is 26.2 Å². The number of nitrogens with zero attached hydrogens (tertiary/aromatic N) is 1. The van der Waals surface area contributed by atoms with Crippen molar-refractivity contribution in [1.29, 1.82) is 0 Å². The van der Waals surface area contributed by atoms with Gasteiger partial charge in [-0.25, -0.2) is 0 Å². The van der Waals surface area contributed by atoms with E-state index in [4.69, 9.17) is 0 Å². The molecule has 2 N–H and O–H groups in total. The first-order chi connectivity index (χ1) is 11.7. The maximum atomic E-state index is 12.2. The van der Waals surface area contributed by atoms with Gasteiger partial charge in [0.1, 0.15) is 6.10 Å². The third-order valence-electron chi connectivity index (χ3n) is 5.08. The number of aliphatic hydroxyl groups is 1. The van der Waals surface area contributed by atoms with E-state index in [2.05, 4.69) is 10.2 Å². The fraction of sp³-hybridized carbons (Fsp3) is 0.421. The summed E-state index contributed by atoms with van der Waals surface area (Å²) in [5.74, 6) is 0.493. The van der Waals surface area contributed by atoms with E-state index in [1.54, 1.807) is 17.4 Å². The molecule has 24 heavy (non-hydrogen) atoms. The van der Waals surface area contributed by atoms with Gasteiger partial charge in [-0.05, 0) is 54.9 Å². The Balaban J connectivity index is 1.36. The molecule has 0 radical (unpaired) electrons. The van der Waals surface area contributed by atoms with E-state index in [1.807, 2.05) is 30.3 Å². The third kappa shape index (κ3) is 3.24. The summed E-state index contributed by atoms with van der Waals surface area (Å²) < 4.78 is 1.16. The van der Waals surface area contributed by atoms with Crippen molar-refractivity contribution in [2.45, 2.75) is 18.9 Å². The zero-order valence-electron chi connectivity index (χ0n) is 13.6. The van der Waals surface area contributed by atoms with Crippen LogP contribution in [0.3, 0.4) is 0 Å². The summed E-state index contributed by atoms with van der Waals surface area (Å²) in [5.41, 5.74) is 1.25. The van der Waals surface area contributed by atoms with Gasteiger partial charge >= 0.3 is 0 Å². The highest BCUT2D eigenvalue weighted by molar-refractivity contribution is 7.19. The van der Waals surface area contributed by atoms with E-state index < -0.39 is 6.10 Å². The lowest BCUT2D eigenvalue weighted by Crippen LogP contribution is -2.43. The predicted molar refractivity (Wildman–Crippen MR) is 97.0 cm³/mol. The van der Waals surface area contributed by atoms with Crippen LogP contribution in [-0.2, 0) is 4.79 Å². The molecular formula is C19H22N2O2S. The summed E-state index contributed by atoms with van der Waals surface area (Å²) in [6.45, 7) is 3.50. The second-order valence-corrected chi connectivity index (χ2v) is 7.83. The predicted octanol–water partition coefficient (Wildman–Crippen LogP) is 2.70. The number of carbonyl (C=O) groups excluding carboxylic acids is 1. The van der Waals surface area contributed by atoms with E-state index >= 15 is 0 Å². The first-order valence-electron chi connectivity index (χ1n) is 8.56. The smallest absolute Gasteiger partial charge is 0.244 e.